The molecule has 4 rings (SSSR count). The summed E-state index contributed by atoms with van der Waals surface area (Å²) in [4.78, 5) is 22.0. The predicted octanol–water partition coefficient (Wildman–Crippen LogP) is 4.98. The van der Waals surface area contributed by atoms with Gasteiger partial charge in [0.2, 0.25) is 16.9 Å². The predicted molar refractivity (Wildman–Crippen MR) is 122 cm³/mol. The number of pyridine rings is 1. The highest BCUT2D eigenvalue weighted by atomic mass is 32.1. The number of aromatic nitrogens is 2. The number of rotatable bonds is 7. The van der Waals surface area contributed by atoms with E-state index in [4.69, 9.17) is 9.47 Å². The van der Waals surface area contributed by atoms with Crippen LogP contribution in [0.1, 0.15) is 12.5 Å². The fourth-order valence-electron chi connectivity index (χ4n) is 3.49. The zero-order valence-electron chi connectivity index (χ0n) is 18.6. The van der Waals surface area contributed by atoms with Crippen LogP contribution in [0, 0.1) is 11.6 Å². The van der Waals surface area contributed by atoms with Crippen LogP contribution >= 0.6 is 11.3 Å². The number of nitrogens with zero attached hydrogens (tertiary/aromatic N) is 3. The van der Waals surface area contributed by atoms with E-state index in [1.54, 1.807) is 0 Å². The first-order chi connectivity index (χ1) is 16.6. The first-order valence-corrected chi connectivity index (χ1v) is 11.2. The molecule has 0 fully saturated rings. The van der Waals surface area contributed by atoms with Crippen molar-refractivity contribution in [2.75, 3.05) is 25.5 Å². The third-order valence-corrected chi connectivity index (χ3v) is 6.07. The lowest BCUT2D eigenvalue weighted by molar-refractivity contribution is -0.121. The monoisotopic (exact) mass is 508 g/mol. The van der Waals surface area contributed by atoms with Crippen molar-refractivity contribution in [1.29, 1.82) is 0 Å². The van der Waals surface area contributed by atoms with Gasteiger partial charge in [-0.2, -0.15) is 8.78 Å². The lowest BCUT2D eigenvalue weighted by Gasteiger charge is -2.35. The third kappa shape index (κ3) is 5.77. The molecule has 3 aromatic rings. The van der Waals surface area contributed by atoms with Gasteiger partial charge in [-0.3, -0.25) is 9.69 Å². The number of carbonyl (C=O) groups excluding carboxylic acids is 1. The molecule has 1 N–H and O–H groups in total. The number of ether oxygens (including phenoxy) is 2. The van der Waals surface area contributed by atoms with Crippen LogP contribution < -0.4 is 14.8 Å². The van der Waals surface area contributed by atoms with Crippen molar-refractivity contribution in [2.24, 2.45) is 0 Å². The minimum absolute atomic E-state index is 0.0670. The summed E-state index contributed by atoms with van der Waals surface area (Å²) in [6.45, 7) is 0.986. The SMILES string of the molecule is COc1ccc(C2=CCN(C(C)C(=O)Nc3ncc(Oc4cc(F)cc(F)c4)s3)CC2(F)F)cn1. The molecule has 7 nitrogen and oxygen atoms in total. The van der Waals surface area contributed by atoms with Crippen molar-refractivity contribution in [3.05, 3.63) is 66.0 Å². The van der Waals surface area contributed by atoms with E-state index in [1.807, 2.05) is 0 Å². The number of halogens is 4. The largest absolute Gasteiger partial charge is 0.481 e. The van der Waals surface area contributed by atoms with Crippen molar-refractivity contribution in [2.45, 2.75) is 18.9 Å². The van der Waals surface area contributed by atoms with Crippen molar-refractivity contribution >= 4 is 27.9 Å². The Labute approximate surface area is 202 Å². The Balaban J connectivity index is 1.39. The summed E-state index contributed by atoms with van der Waals surface area (Å²) in [6.07, 6.45) is 3.98. The van der Waals surface area contributed by atoms with Crippen LogP contribution in [0.25, 0.3) is 5.57 Å². The van der Waals surface area contributed by atoms with Crippen LogP contribution in [-0.4, -0.2) is 52.9 Å². The average molecular weight is 508 g/mol. The Bertz CT molecular complexity index is 1230. The van der Waals surface area contributed by atoms with Crippen molar-refractivity contribution in [1.82, 2.24) is 14.9 Å². The third-order valence-electron chi connectivity index (χ3n) is 5.28. The Morgan fingerprint density at radius 2 is 1.91 bits per heavy atom. The smallest absolute Gasteiger partial charge is 0.286 e. The molecule has 0 bridgehead atoms. The van der Waals surface area contributed by atoms with E-state index in [1.165, 1.54) is 49.5 Å². The van der Waals surface area contributed by atoms with Crippen LogP contribution in [0.5, 0.6) is 16.7 Å². The summed E-state index contributed by atoms with van der Waals surface area (Å²) in [7, 11) is 1.44. The molecule has 3 heterocycles. The minimum atomic E-state index is -3.20. The van der Waals surface area contributed by atoms with Gasteiger partial charge in [-0.05, 0) is 13.0 Å². The second kappa shape index (κ2) is 10.0. The van der Waals surface area contributed by atoms with Crippen molar-refractivity contribution in [3.8, 4) is 16.7 Å². The molecule has 1 aliphatic rings. The van der Waals surface area contributed by atoms with E-state index in [2.05, 4.69) is 15.3 Å². The maximum Gasteiger partial charge on any atom is 0.286 e. The summed E-state index contributed by atoms with van der Waals surface area (Å²) in [6, 6.07) is 4.84. The molecule has 1 atom stereocenters. The standard InChI is InChI=1S/C23H20F4N4O3S/c1-13(31-6-5-18(23(26,27)12-31)14-3-4-19(33-2)28-10-14)21(32)30-22-29-11-20(35-22)34-17-8-15(24)7-16(25)9-17/h3-5,7-11,13H,6,12H2,1-2H3,(H,29,30,32). The highest BCUT2D eigenvalue weighted by Crippen LogP contribution is 2.37. The van der Waals surface area contributed by atoms with Gasteiger partial charge >= 0.3 is 0 Å². The number of thiazole rings is 1. The molecule has 1 aromatic carbocycles. The Morgan fingerprint density at radius 3 is 2.54 bits per heavy atom. The van der Waals surface area contributed by atoms with Gasteiger partial charge in [0.05, 0.1) is 25.9 Å². The van der Waals surface area contributed by atoms with Gasteiger partial charge in [-0.25, -0.2) is 18.7 Å². The van der Waals surface area contributed by atoms with E-state index in [-0.39, 0.29) is 33.6 Å². The number of hydrogen-bond acceptors (Lipinski definition) is 7. The van der Waals surface area contributed by atoms with Gasteiger partial charge < -0.3 is 14.8 Å². The topological polar surface area (TPSA) is 76.6 Å². The average Bonchev–Trinajstić information content (AvgIpc) is 3.23. The molecule has 0 saturated heterocycles. The summed E-state index contributed by atoms with van der Waals surface area (Å²) in [5.41, 5.74) is 0.119. The molecule has 2 aromatic heterocycles. The van der Waals surface area contributed by atoms with Gasteiger partial charge in [-0.15, -0.1) is 0 Å². The van der Waals surface area contributed by atoms with E-state index >= 15 is 0 Å². The maximum absolute atomic E-state index is 14.9. The summed E-state index contributed by atoms with van der Waals surface area (Å²) < 4.78 is 66.8. The molecule has 35 heavy (non-hydrogen) atoms. The number of anilines is 1. The molecule has 1 amide bonds. The van der Waals surface area contributed by atoms with Gasteiger partial charge in [0, 0.05) is 48.1 Å². The lowest BCUT2D eigenvalue weighted by atomic mass is 9.96. The minimum Gasteiger partial charge on any atom is -0.481 e. The summed E-state index contributed by atoms with van der Waals surface area (Å²) >= 11 is 0.926. The number of carbonyl (C=O) groups is 1. The summed E-state index contributed by atoms with van der Waals surface area (Å²) in [5, 5.41) is 2.89. The lowest BCUT2D eigenvalue weighted by Crippen LogP contribution is -2.50. The van der Waals surface area contributed by atoms with Crippen LogP contribution in [0.2, 0.25) is 0 Å². The van der Waals surface area contributed by atoms with Gasteiger partial charge in [0.15, 0.2) is 5.13 Å². The van der Waals surface area contributed by atoms with E-state index < -0.39 is 36.1 Å². The van der Waals surface area contributed by atoms with Crippen LogP contribution in [0.3, 0.4) is 0 Å². The normalized spacial score (nSPS) is 16.3. The molecule has 184 valence electrons. The number of amides is 1. The second-order valence-corrected chi connectivity index (χ2v) is 8.69. The van der Waals surface area contributed by atoms with Gasteiger partial charge in [0.25, 0.3) is 5.92 Å². The molecule has 1 aliphatic heterocycles. The molecule has 0 spiro atoms. The van der Waals surface area contributed by atoms with Crippen LogP contribution in [0.15, 0.2) is 48.8 Å². The highest BCUT2D eigenvalue weighted by Gasteiger charge is 2.42. The molecule has 12 heteroatoms. The van der Waals surface area contributed by atoms with Crippen LogP contribution in [-0.2, 0) is 4.79 Å². The van der Waals surface area contributed by atoms with E-state index in [0.29, 0.717) is 11.9 Å². The molecular formula is C23H20F4N4O3S. The first-order valence-electron chi connectivity index (χ1n) is 10.4. The zero-order valence-corrected chi connectivity index (χ0v) is 19.4. The fourth-order valence-corrected chi connectivity index (χ4v) is 4.18. The Kier molecular flexibility index (Phi) is 7.03. The van der Waals surface area contributed by atoms with Crippen LogP contribution in [0.4, 0.5) is 22.7 Å². The number of nitrogens with one attached hydrogen (secondary N) is 1. The summed E-state index contributed by atoms with van der Waals surface area (Å²) in [5.74, 6) is -5.09. The molecule has 0 aliphatic carbocycles. The number of hydrogen-bond donors (Lipinski definition) is 1. The number of alkyl halides is 2. The molecular weight excluding hydrogens is 488 g/mol. The van der Waals surface area contributed by atoms with Gasteiger partial charge in [-0.1, -0.05) is 17.4 Å². The number of methoxy groups -OCH3 is 1. The molecule has 0 radical (unpaired) electrons. The van der Waals surface area contributed by atoms with E-state index in [9.17, 15) is 22.4 Å². The van der Waals surface area contributed by atoms with Crippen molar-refractivity contribution < 1.29 is 31.8 Å². The number of benzene rings is 1. The molecule has 0 saturated carbocycles. The highest BCUT2D eigenvalue weighted by molar-refractivity contribution is 7.17. The maximum atomic E-state index is 14.9. The van der Waals surface area contributed by atoms with E-state index in [0.717, 1.165) is 23.5 Å². The molecule has 1 unspecified atom stereocenters. The van der Waals surface area contributed by atoms with Gasteiger partial charge in [0.1, 0.15) is 17.4 Å². The van der Waals surface area contributed by atoms with Crippen molar-refractivity contribution in [3.63, 3.8) is 0 Å². The first kappa shape index (κ1) is 24.6. The zero-order chi connectivity index (χ0) is 25.2. The Morgan fingerprint density at radius 1 is 1.17 bits per heavy atom. The quantitative estimate of drug-likeness (QED) is 0.454. The second-order valence-electron chi connectivity index (χ2n) is 7.70. The Hall–Kier alpha value is -3.51. The fraction of sp³-hybridized carbons (Fsp3) is 0.261.